The first-order valence-corrected chi connectivity index (χ1v) is 10.0. The van der Waals surface area contributed by atoms with Gasteiger partial charge in [0.15, 0.2) is 18.1 Å². The molecule has 2 aromatic carbocycles. The van der Waals surface area contributed by atoms with E-state index in [-0.39, 0.29) is 12.6 Å². The molecule has 4 rings (SSSR count). The van der Waals surface area contributed by atoms with Crippen molar-refractivity contribution in [3.8, 4) is 11.5 Å². The zero-order chi connectivity index (χ0) is 22.0. The Morgan fingerprint density at radius 1 is 1.00 bits per heavy atom. The maximum absolute atomic E-state index is 12.4. The lowest BCUT2D eigenvalue weighted by Crippen LogP contribution is -2.31. The van der Waals surface area contributed by atoms with E-state index < -0.39 is 11.9 Å². The van der Waals surface area contributed by atoms with Gasteiger partial charge in [-0.3, -0.25) is 4.79 Å². The van der Waals surface area contributed by atoms with Crippen molar-refractivity contribution in [1.82, 2.24) is 15.3 Å². The van der Waals surface area contributed by atoms with Crippen LogP contribution in [0.1, 0.15) is 40.3 Å². The molecular formula is C23H23N3O5. The summed E-state index contributed by atoms with van der Waals surface area (Å²) in [7, 11) is 0. The Bertz CT molecular complexity index is 1160. The second-order valence-corrected chi connectivity index (χ2v) is 7.37. The summed E-state index contributed by atoms with van der Waals surface area (Å²) in [6.45, 7) is 6.22. The van der Waals surface area contributed by atoms with Crippen LogP contribution in [-0.4, -0.2) is 41.7 Å². The normalized spacial score (nSPS) is 13.5. The molecule has 160 valence electrons. The highest BCUT2D eigenvalue weighted by atomic mass is 16.6. The van der Waals surface area contributed by atoms with Crippen LogP contribution in [-0.2, 0) is 9.53 Å². The van der Waals surface area contributed by atoms with E-state index in [0.29, 0.717) is 41.3 Å². The molecule has 3 aromatic rings. The van der Waals surface area contributed by atoms with Crippen LogP contribution in [0.15, 0.2) is 36.4 Å². The van der Waals surface area contributed by atoms with Crippen molar-refractivity contribution in [2.24, 2.45) is 0 Å². The smallest absolute Gasteiger partial charge is 0.338 e. The van der Waals surface area contributed by atoms with E-state index in [0.717, 1.165) is 17.0 Å². The van der Waals surface area contributed by atoms with Crippen molar-refractivity contribution in [3.63, 3.8) is 0 Å². The molecule has 0 bridgehead atoms. The van der Waals surface area contributed by atoms with Gasteiger partial charge in [0.05, 0.1) is 34.0 Å². The average Bonchev–Trinajstić information content (AvgIpc) is 2.77. The van der Waals surface area contributed by atoms with E-state index >= 15 is 0 Å². The summed E-state index contributed by atoms with van der Waals surface area (Å²) in [5.74, 6) is 0.348. The van der Waals surface area contributed by atoms with Crippen molar-refractivity contribution >= 4 is 22.9 Å². The van der Waals surface area contributed by atoms with Gasteiger partial charge < -0.3 is 19.5 Å². The number of amides is 1. The minimum absolute atomic E-state index is 0.288. The van der Waals surface area contributed by atoms with Crippen LogP contribution in [0.4, 0.5) is 0 Å². The number of nitrogens with one attached hydrogen (secondary N) is 1. The van der Waals surface area contributed by atoms with Crippen LogP contribution >= 0.6 is 0 Å². The molecule has 0 saturated carbocycles. The molecular weight excluding hydrogens is 398 g/mol. The number of hydrogen-bond acceptors (Lipinski definition) is 7. The molecule has 0 aliphatic carbocycles. The first-order valence-electron chi connectivity index (χ1n) is 10.0. The van der Waals surface area contributed by atoms with E-state index in [1.54, 1.807) is 18.2 Å². The molecule has 1 aromatic heterocycles. The fourth-order valence-corrected chi connectivity index (χ4v) is 3.27. The molecule has 2 heterocycles. The number of aromatic nitrogens is 2. The van der Waals surface area contributed by atoms with Gasteiger partial charge in [-0.2, -0.15) is 0 Å². The maximum atomic E-state index is 12.4. The van der Waals surface area contributed by atoms with Crippen molar-refractivity contribution in [2.75, 3.05) is 19.8 Å². The van der Waals surface area contributed by atoms with Crippen LogP contribution in [0.25, 0.3) is 11.0 Å². The summed E-state index contributed by atoms with van der Waals surface area (Å²) in [6.07, 6.45) is 0. The van der Waals surface area contributed by atoms with Crippen LogP contribution in [0, 0.1) is 13.8 Å². The molecule has 8 nitrogen and oxygen atoms in total. The van der Waals surface area contributed by atoms with Crippen molar-refractivity contribution in [1.29, 1.82) is 0 Å². The molecule has 0 spiro atoms. The molecule has 8 heteroatoms. The van der Waals surface area contributed by atoms with Crippen LogP contribution in [0.2, 0.25) is 0 Å². The van der Waals surface area contributed by atoms with Crippen LogP contribution < -0.4 is 14.8 Å². The Hall–Kier alpha value is -3.68. The molecule has 0 radical (unpaired) electrons. The zero-order valence-electron chi connectivity index (χ0n) is 17.6. The highest BCUT2D eigenvalue weighted by Crippen LogP contribution is 2.32. The molecule has 0 saturated heterocycles. The second-order valence-electron chi connectivity index (χ2n) is 7.37. The molecule has 0 fully saturated rings. The number of benzene rings is 2. The number of aryl methyl sites for hydroxylation is 2. The molecule has 1 aliphatic heterocycles. The summed E-state index contributed by atoms with van der Waals surface area (Å²) < 4.78 is 16.3. The molecule has 1 atom stereocenters. The number of rotatable bonds is 5. The number of carbonyl (C=O) groups is 2. The standard InChI is InChI=1S/C23H23N3O5/c1-13-14(2)25-19-10-17(4-6-18(19)24-13)23(28)31-12-22(27)26-15(3)16-5-7-20-21(11-16)30-9-8-29-20/h4-7,10-11,15H,8-9,12H2,1-3H3,(H,26,27). The largest absolute Gasteiger partial charge is 0.486 e. The molecule has 31 heavy (non-hydrogen) atoms. The summed E-state index contributed by atoms with van der Waals surface area (Å²) in [5, 5.41) is 2.82. The fourth-order valence-electron chi connectivity index (χ4n) is 3.27. The summed E-state index contributed by atoms with van der Waals surface area (Å²) in [4.78, 5) is 33.6. The summed E-state index contributed by atoms with van der Waals surface area (Å²) in [5.41, 5.74) is 4.12. The highest BCUT2D eigenvalue weighted by Gasteiger charge is 2.17. The van der Waals surface area contributed by atoms with Crippen LogP contribution in [0.3, 0.4) is 0 Å². The Balaban J connectivity index is 1.35. The Kier molecular flexibility index (Phi) is 5.70. The fraction of sp³-hybridized carbons (Fsp3) is 0.304. The summed E-state index contributed by atoms with van der Waals surface area (Å²) in [6, 6.07) is 10.2. The van der Waals surface area contributed by atoms with E-state index in [1.807, 2.05) is 39.0 Å². The Morgan fingerprint density at radius 2 is 1.71 bits per heavy atom. The first-order chi connectivity index (χ1) is 14.9. The van der Waals surface area contributed by atoms with Gasteiger partial charge in [-0.25, -0.2) is 14.8 Å². The van der Waals surface area contributed by atoms with Crippen LogP contribution in [0.5, 0.6) is 11.5 Å². The third-order valence-electron chi connectivity index (χ3n) is 5.09. The molecule has 1 amide bonds. The highest BCUT2D eigenvalue weighted by molar-refractivity contribution is 5.94. The maximum Gasteiger partial charge on any atom is 0.338 e. The lowest BCUT2D eigenvalue weighted by Gasteiger charge is -2.21. The van der Waals surface area contributed by atoms with Gasteiger partial charge >= 0.3 is 5.97 Å². The Labute approximate surface area is 179 Å². The number of ether oxygens (including phenoxy) is 3. The number of nitrogens with zero attached hydrogens (tertiary/aromatic N) is 2. The van der Waals surface area contributed by atoms with Gasteiger partial charge in [0.1, 0.15) is 13.2 Å². The van der Waals surface area contributed by atoms with Gasteiger partial charge in [0.2, 0.25) is 0 Å². The second kappa shape index (κ2) is 8.59. The van der Waals surface area contributed by atoms with E-state index in [4.69, 9.17) is 14.2 Å². The predicted molar refractivity (Wildman–Crippen MR) is 113 cm³/mol. The van der Waals surface area contributed by atoms with Gasteiger partial charge in [-0.1, -0.05) is 6.07 Å². The lowest BCUT2D eigenvalue weighted by atomic mass is 10.1. The van der Waals surface area contributed by atoms with E-state index in [1.165, 1.54) is 0 Å². The minimum atomic E-state index is -0.593. The number of fused-ring (bicyclic) bond motifs is 2. The topological polar surface area (TPSA) is 99.6 Å². The van der Waals surface area contributed by atoms with Gasteiger partial charge in [-0.15, -0.1) is 0 Å². The number of hydrogen-bond donors (Lipinski definition) is 1. The average molecular weight is 421 g/mol. The van der Waals surface area contributed by atoms with Gasteiger partial charge in [0.25, 0.3) is 5.91 Å². The summed E-state index contributed by atoms with van der Waals surface area (Å²) >= 11 is 0. The first kappa shape index (κ1) is 20.6. The molecule has 1 aliphatic rings. The number of carbonyl (C=O) groups excluding carboxylic acids is 2. The SMILES string of the molecule is Cc1nc2ccc(C(=O)OCC(=O)NC(C)c3ccc4c(c3)OCCO4)cc2nc1C. The minimum Gasteiger partial charge on any atom is -0.486 e. The lowest BCUT2D eigenvalue weighted by molar-refractivity contribution is -0.124. The predicted octanol–water partition coefficient (Wildman–Crippen LogP) is 3.05. The Morgan fingerprint density at radius 3 is 2.48 bits per heavy atom. The third-order valence-corrected chi connectivity index (χ3v) is 5.09. The third kappa shape index (κ3) is 4.58. The number of esters is 1. The van der Waals surface area contributed by atoms with Crippen molar-refractivity contribution in [3.05, 3.63) is 58.9 Å². The molecule has 1 N–H and O–H groups in total. The quantitative estimate of drug-likeness (QED) is 0.632. The van der Waals surface area contributed by atoms with E-state index in [2.05, 4.69) is 15.3 Å². The van der Waals surface area contributed by atoms with Gasteiger partial charge in [-0.05, 0) is 56.7 Å². The zero-order valence-corrected chi connectivity index (χ0v) is 17.6. The van der Waals surface area contributed by atoms with Gasteiger partial charge in [0, 0.05) is 0 Å². The molecule has 1 unspecified atom stereocenters. The monoisotopic (exact) mass is 421 g/mol. The van der Waals surface area contributed by atoms with Crippen molar-refractivity contribution in [2.45, 2.75) is 26.8 Å². The van der Waals surface area contributed by atoms with E-state index in [9.17, 15) is 9.59 Å². The van der Waals surface area contributed by atoms with Crippen molar-refractivity contribution < 1.29 is 23.8 Å².